The maximum absolute atomic E-state index is 5.66. The standard InChI is InChI=1S/C13H18N4O3/c1-18-8-11-10(7-14)15-16-17(11)9-4-5-12(19-2)13(6-9)20-3/h4-6H,7-8,14H2,1-3H3. The lowest BCUT2D eigenvalue weighted by molar-refractivity contribution is 0.178. The molecule has 2 aromatic rings. The van der Waals surface area contributed by atoms with E-state index < -0.39 is 0 Å². The van der Waals surface area contributed by atoms with Crippen LogP contribution in [0.15, 0.2) is 18.2 Å². The van der Waals surface area contributed by atoms with Crippen molar-refractivity contribution in [1.29, 1.82) is 0 Å². The molecule has 0 radical (unpaired) electrons. The van der Waals surface area contributed by atoms with Crippen LogP contribution in [0.4, 0.5) is 0 Å². The van der Waals surface area contributed by atoms with Gasteiger partial charge in [-0.05, 0) is 12.1 Å². The Bertz CT molecular complexity index is 583. The topological polar surface area (TPSA) is 84.4 Å². The Morgan fingerprint density at radius 1 is 1.15 bits per heavy atom. The van der Waals surface area contributed by atoms with Gasteiger partial charge in [-0.25, -0.2) is 4.68 Å². The highest BCUT2D eigenvalue weighted by molar-refractivity contribution is 5.49. The fourth-order valence-electron chi connectivity index (χ4n) is 1.94. The van der Waals surface area contributed by atoms with Crippen LogP contribution >= 0.6 is 0 Å². The molecule has 7 heteroatoms. The number of rotatable bonds is 6. The third-order valence-corrected chi connectivity index (χ3v) is 2.93. The number of nitrogens with zero attached hydrogens (tertiary/aromatic N) is 3. The lowest BCUT2D eigenvalue weighted by atomic mass is 10.2. The Labute approximate surface area is 117 Å². The molecular formula is C13H18N4O3. The van der Waals surface area contributed by atoms with Crippen LogP contribution in [0, 0.1) is 0 Å². The molecule has 0 saturated carbocycles. The van der Waals surface area contributed by atoms with Crippen molar-refractivity contribution in [2.24, 2.45) is 5.73 Å². The molecule has 7 nitrogen and oxygen atoms in total. The molecule has 0 aliphatic carbocycles. The molecule has 0 aliphatic heterocycles. The highest BCUT2D eigenvalue weighted by Crippen LogP contribution is 2.29. The van der Waals surface area contributed by atoms with Gasteiger partial charge in [-0.1, -0.05) is 5.21 Å². The first-order valence-electron chi connectivity index (χ1n) is 6.10. The monoisotopic (exact) mass is 278 g/mol. The summed E-state index contributed by atoms with van der Waals surface area (Å²) in [6.45, 7) is 0.694. The SMILES string of the molecule is COCc1c(CN)nnn1-c1ccc(OC)c(OC)c1. The van der Waals surface area contributed by atoms with Crippen molar-refractivity contribution >= 4 is 0 Å². The van der Waals surface area contributed by atoms with Crippen LogP contribution < -0.4 is 15.2 Å². The predicted octanol–water partition coefficient (Wildman–Crippen LogP) is 0.890. The van der Waals surface area contributed by atoms with Crippen LogP contribution in [-0.4, -0.2) is 36.3 Å². The Morgan fingerprint density at radius 3 is 2.50 bits per heavy atom. The fourth-order valence-corrected chi connectivity index (χ4v) is 1.94. The molecule has 0 bridgehead atoms. The van der Waals surface area contributed by atoms with Crippen molar-refractivity contribution in [1.82, 2.24) is 15.0 Å². The normalized spacial score (nSPS) is 10.6. The van der Waals surface area contributed by atoms with E-state index in [2.05, 4.69) is 10.3 Å². The van der Waals surface area contributed by atoms with Crippen molar-refractivity contribution in [2.75, 3.05) is 21.3 Å². The lowest BCUT2D eigenvalue weighted by Crippen LogP contribution is -2.07. The summed E-state index contributed by atoms with van der Waals surface area (Å²) in [4.78, 5) is 0. The van der Waals surface area contributed by atoms with Gasteiger partial charge >= 0.3 is 0 Å². The highest BCUT2D eigenvalue weighted by Gasteiger charge is 2.14. The zero-order valence-electron chi connectivity index (χ0n) is 11.8. The van der Waals surface area contributed by atoms with E-state index in [1.165, 1.54) is 0 Å². The number of aromatic nitrogens is 3. The third-order valence-electron chi connectivity index (χ3n) is 2.93. The summed E-state index contributed by atoms with van der Waals surface area (Å²) in [5.41, 5.74) is 8.00. The van der Waals surface area contributed by atoms with Gasteiger partial charge in [-0.2, -0.15) is 0 Å². The van der Waals surface area contributed by atoms with Gasteiger partial charge in [0.25, 0.3) is 0 Å². The van der Waals surface area contributed by atoms with Gasteiger partial charge in [-0.3, -0.25) is 0 Å². The van der Waals surface area contributed by atoms with E-state index in [-0.39, 0.29) is 0 Å². The van der Waals surface area contributed by atoms with E-state index in [9.17, 15) is 0 Å². The summed E-state index contributed by atoms with van der Waals surface area (Å²) in [6, 6.07) is 5.51. The number of benzene rings is 1. The summed E-state index contributed by atoms with van der Waals surface area (Å²) < 4.78 is 17.4. The first-order valence-corrected chi connectivity index (χ1v) is 6.10. The van der Waals surface area contributed by atoms with Crippen LogP contribution in [0.5, 0.6) is 11.5 Å². The molecule has 0 aliphatic rings. The lowest BCUT2D eigenvalue weighted by Gasteiger charge is -2.11. The van der Waals surface area contributed by atoms with Crippen LogP contribution in [0.25, 0.3) is 5.69 Å². The second kappa shape index (κ2) is 6.36. The van der Waals surface area contributed by atoms with Crippen LogP contribution in [0.3, 0.4) is 0 Å². The second-order valence-corrected chi connectivity index (χ2v) is 4.07. The average molecular weight is 278 g/mol. The summed E-state index contributed by atoms with van der Waals surface area (Å²) >= 11 is 0. The van der Waals surface area contributed by atoms with Gasteiger partial charge in [0.05, 0.1) is 32.2 Å². The van der Waals surface area contributed by atoms with E-state index in [0.717, 1.165) is 11.4 Å². The van der Waals surface area contributed by atoms with E-state index in [1.54, 1.807) is 26.0 Å². The van der Waals surface area contributed by atoms with E-state index >= 15 is 0 Å². The molecule has 2 N–H and O–H groups in total. The molecule has 20 heavy (non-hydrogen) atoms. The van der Waals surface area contributed by atoms with Crippen molar-refractivity contribution in [3.63, 3.8) is 0 Å². The third kappa shape index (κ3) is 2.59. The van der Waals surface area contributed by atoms with Gasteiger partial charge in [0.15, 0.2) is 11.5 Å². The number of hydrogen-bond donors (Lipinski definition) is 1. The quantitative estimate of drug-likeness (QED) is 0.844. The molecule has 0 saturated heterocycles. The first kappa shape index (κ1) is 14.3. The largest absolute Gasteiger partial charge is 0.493 e. The molecule has 2 rings (SSSR count). The molecule has 0 unspecified atom stereocenters. The minimum atomic E-state index is 0.311. The molecule has 0 spiro atoms. The number of hydrogen-bond acceptors (Lipinski definition) is 6. The molecule has 0 amide bonds. The van der Waals surface area contributed by atoms with Crippen molar-refractivity contribution in [3.05, 3.63) is 29.6 Å². The Hall–Kier alpha value is -2.12. The van der Waals surface area contributed by atoms with Gasteiger partial charge in [-0.15, -0.1) is 5.10 Å². The van der Waals surface area contributed by atoms with Crippen LogP contribution in [0.2, 0.25) is 0 Å². The van der Waals surface area contributed by atoms with E-state index in [4.69, 9.17) is 19.9 Å². The Morgan fingerprint density at radius 2 is 1.90 bits per heavy atom. The minimum absolute atomic E-state index is 0.311. The molecule has 1 aromatic carbocycles. The molecule has 1 aromatic heterocycles. The number of nitrogens with two attached hydrogens (primary N) is 1. The predicted molar refractivity (Wildman–Crippen MR) is 73.1 cm³/mol. The maximum Gasteiger partial charge on any atom is 0.162 e. The average Bonchev–Trinajstić information content (AvgIpc) is 2.89. The summed E-state index contributed by atoms with van der Waals surface area (Å²) in [6.07, 6.45) is 0. The van der Waals surface area contributed by atoms with Crippen molar-refractivity contribution < 1.29 is 14.2 Å². The smallest absolute Gasteiger partial charge is 0.162 e. The molecule has 0 fully saturated rings. The zero-order chi connectivity index (χ0) is 14.5. The summed E-state index contributed by atoms with van der Waals surface area (Å²) in [5, 5.41) is 8.18. The maximum atomic E-state index is 5.66. The molecular weight excluding hydrogens is 260 g/mol. The fraction of sp³-hybridized carbons (Fsp3) is 0.385. The van der Waals surface area contributed by atoms with Crippen molar-refractivity contribution in [2.45, 2.75) is 13.2 Å². The second-order valence-electron chi connectivity index (χ2n) is 4.07. The van der Waals surface area contributed by atoms with Gasteiger partial charge < -0.3 is 19.9 Å². The van der Waals surface area contributed by atoms with Crippen LogP contribution in [-0.2, 0) is 17.9 Å². The minimum Gasteiger partial charge on any atom is -0.493 e. The zero-order valence-corrected chi connectivity index (χ0v) is 11.8. The van der Waals surface area contributed by atoms with E-state index in [0.29, 0.717) is 30.3 Å². The summed E-state index contributed by atoms with van der Waals surface area (Å²) in [5.74, 6) is 1.28. The Balaban J connectivity index is 2.48. The molecule has 0 atom stereocenters. The van der Waals surface area contributed by atoms with Gasteiger partial charge in [0.1, 0.15) is 5.69 Å². The Kier molecular flexibility index (Phi) is 4.54. The molecule has 108 valence electrons. The first-order chi connectivity index (χ1) is 9.74. The van der Waals surface area contributed by atoms with Crippen molar-refractivity contribution in [3.8, 4) is 17.2 Å². The van der Waals surface area contributed by atoms with Gasteiger partial charge in [0.2, 0.25) is 0 Å². The number of methoxy groups -OCH3 is 3. The number of ether oxygens (including phenoxy) is 3. The highest BCUT2D eigenvalue weighted by atomic mass is 16.5. The van der Waals surface area contributed by atoms with Gasteiger partial charge in [0, 0.05) is 19.7 Å². The van der Waals surface area contributed by atoms with Crippen LogP contribution in [0.1, 0.15) is 11.4 Å². The van der Waals surface area contributed by atoms with E-state index in [1.807, 2.05) is 18.2 Å². The molecule has 1 heterocycles. The summed E-state index contributed by atoms with van der Waals surface area (Å²) in [7, 11) is 4.80.